The Kier molecular flexibility index (Phi) is 4.65. The third kappa shape index (κ3) is 3.20. The molecule has 0 spiro atoms. The average Bonchev–Trinajstić information content (AvgIpc) is 2.22. The molecule has 1 unspecified atom stereocenters. The maximum absolute atomic E-state index is 6.03. The van der Waals surface area contributed by atoms with E-state index in [1.54, 1.807) is 0 Å². The molecule has 16 heavy (non-hydrogen) atoms. The van der Waals surface area contributed by atoms with Crippen LogP contribution in [-0.4, -0.2) is 11.0 Å². The summed E-state index contributed by atoms with van der Waals surface area (Å²) in [7, 11) is 0. The van der Waals surface area contributed by atoms with Gasteiger partial charge in [0.1, 0.15) is 0 Å². The molecule has 0 saturated heterocycles. The van der Waals surface area contributed by atoms with E-state index in [-0.39, 0.29) is 6.10 Å². The molecule has 0 N–H and O–H groups in total. The van der Waals surface area contributed by atoms with E-state index in [0.29, 0.717) is 0 Å². The molecule has 0 radical (unpaired) electrons. The third-order valence-electron chi connectivity index (χ3n) is 3.31. The van der Waals surface area contributed by atoms with E-state index in [1.165, 1.54) is 30.4 Å². The van der Waals surface area contributed by atoms with Crippen LogP contribution in [0.4, 0.5) is 0 Å². The topological polar surface area (TPSA) is 9.23 Å². The summed E-state index contributed by atoms with van der Waals surface area (Å²) in [5.41, 5.74) is 2.65. The molecule has 1 aromatic rings. The first-order valence-corrected chi connectivity index (χ1v) is 7.56. The van der Waals surface area contributed by atoms with Crippen molar-refractivity contribution in [1.29, 1.82) is 0 Å². The number of benzene rings is 1. The highest BCUT2D eigenvalue weighted by Crippen LogP contribution is 2.29. The van der Waals surface area contributed by atoms with Crippen LogP contribution in [0.2, 0.25) is 0 Å². The summed E-state index contributed by atoms with van der Waals surface area (Å²) in [6.45, 7) is 3.08. The monoisotopic (exact) mass is 330 g/mol. The van der Waals surface area contributed by atoms with Gasteiger partial charge in [0, 0.05) is 4.43 Å². The van der Waals surface area contributed by atoms with Gasteiger partial charge >= 0.3 is 0 Å². The minimum Gasteiger partial charge on any atom is -0.372 e. The Bertz CT molecular complexity index is 333. The fraction of sp³-hybridized carbons (Fsp3) is 0.571. The van der Waals surface area contributed by atoms with Crippen molar-refractivity contribution in [2.75, 3.05) is 11.0 Å². The maximum Gasteiger partial charge on any atom is 0.0914 e. The summed E-state index contributed by atoms with van der Waals surface area (Å²) in [4.78, 5) is 0. The maximum atomic E-state index is 6.03. The van der Waals surface area contributed by atoms with Crippen LogP contribution >= 0.6 is 22.6 Å². The minimum absolute atomic E-state index is 0.279. The Balaban J connectivity index is 1.92. The van der Waals surface area contributed by atoms with Gasteiger partial charge in [-0.3, -0.25) is 0 Å². The van der Waals surface area contributed by atoms with Gasteiger partial charge in [0.2, 0.25) is 0 Å². The van der Waals surface area contributed by atoms with Crippen LogP contribution in [0.3, 0.4) is 0 Å². The normalized spacial score (nSPS) is 18.1. The first-order chi connectivity index (χ1) is 7.79. The largest absolute Gasteiger partial charge is 0.372 e. The van der Waals surface area contributed by atoms with Crippen LogP contribution in [-0.2, 0) is 4.74 Å². The van der Waals surface area contributed by atoms with Crippen molar-refractivity contribution in [1.82, 2.24) is 0 Å². The van der Waals surface area contributed by atoms with Crippen molar-refractivity contribution >= 4 is 22.6 Å². The van der Waals surface area contributed by atoms with Gasteiger partial charge in [-0.2, -0.15) is 0 Å². The zero-order chi connectivity index (χ0) is 11.4. The second-order valence-electron chi connectivity index (χ2n) is 4.69. The zero-order valence-corrected chi connectivity index (χ0v) is 11.9. The van der Waals surface area contributed by atoms with E-state index in [4.69, 9.17) is 4.74 Å². The second kappa shape index (κ2) is 6.01. The molecule has 1 aliphatic rings. The van der Waals surface area contributed by atoms with E-state index < -0.39 is 0 Å². The molecule has 2 heteroatoms. The molecule has 1 atom stereocenters. The number of rotatable bonds is 5. The van der Waals surface area contributed by atoms with E-state index in [9.17, 15) is 0 Å². The summed E-state index contributed by atoms with van der Waals surface area (Å²) in [5.74, 6) is 0.829. The van der Waals surface area contributed by atoms with Crippen LogP contribution in [0.15, 0.2) is 24.3 Å². The summed E-state index contributed by atoms with van der Waals surface area (Å²) in [6.07, 6.45) is 4.40. The average molecular weight is 330 g/mol. The van der Waals surface area contributed by atoms with Crippen molar-refractivity contribution in [3.8, 4) is 0 Å². The lowest BCUT2D eigenvalue weighted by Gasteiger charge is -2.27. The van der Waals surface area contributed by atoms with E-state index >= 15 is 0 Å². The van der Waals surface area contributed by atoms with Crippen molar-refractivity contribution in [2.45, 2.75) is 32.3 Å². The Morgan fingerprint density at radius 3 is 2.81 bits per heavy atom. The molecule has 0 heterocycles. The summed E-state index contributed by atoms with van der Waals surface area (Å²) in [5, 5.41) is 0. The molecule has 0 amide bonds. The minimum atomic E-state index is 0.279. The molecular weight excluding hydrogens is 311 g/mol. The number of halogens is 1. The van der Waals surface area contributed by atoms with Crippen LogP contribution in [0, 0.1) is 12.8 Å². The van der Waals surface area contributed by atoms with E-state index in [0.717, 1.165) is 17.0 Å². The Morgan fingerprint density at radius 1 is 1.44 bits per heavy atom. The highest BCUT2D eigenvalue weighted by molar-refractivity contribution is 14.1. The lowest BCUT2D eigenvalue weighted by Crippen LogP contribution is -2.20. The lowest BCUT2D eigenvalue weighted by atomic mass is 9.86. The Morgan fingerprint density at radius 2 is 2.25 bits per heavy atom. The molecule has 1 saturated carbocycles. The van der Waals surface area contributed by atoms with Gasteiger partial charge in [0.15, 0.2) is 0 Å². The van der Waals surface area contributed by atoms with E-state index in [1.807, 2.05) is 0 Å². The molecule has 1 fully saturated rings. The number of alkyl halides is 1. The Labute approximate surface area is 112 Å². The molecule has 1 aliphatic carbocycles. The molecule has 0 aromatic heterocycles. The number of hydrogen-bond acceptors (Lipinski definition) is 1. The highest BCUT2D eigenvalue weighted by Gasteiger charge is 2.20. The predicted molar refractivity (Wildman–Crippen MR) is 76.1 cm³/mol. The van der Waals surface area contributed by atoms with Gasteiger partial charge in [-0.05, 0) is 31.2 Å². The highest BCUT2D eigenvalue weighted by atomic mass is 127. The fourth-order valence-electron chi connectivity index (χ4n) is 2.01. The SMILES string of the molecule is Cc1cccc(C(CI)OCC2CCC2)c1. The summed E-state index contributed by atoms with van der Waals surface area (Å²) >= 11 is 2.42. The first kappa shape index (κ1) is 12.4. The fourth-order valence-corrected chi connectivity index (χ4v) is 2.77. The molecule has 1 nitrogen and oxygen atoms in total. The van der Waals surface area contributed by atoms with Crippen LogP contribution < -0.4 is 0 Å². The molecule has 88 valence electrons. The van der Waals surface area contributed by atoms with Gasteiger partial charge in [-0.15, -0.1) is 0 Å². The second-order valence-corrected chi connectivity index (χ2v) is 5.57. The Hall–Kier alpha value is -0.0900. The van der Waals surface area contributed by atoms with Gasteiger partial charge in [0.25, 0.3) is 0 Å². The van der Waals surface area contributed by atoms with Crippen molar-refractivity contribution < 1.29 is 4.74 Å². The number of hydrogen-bond donors (Lipinski definition) is 0. The summed E-state index contributed by atoms with van der Waals surface area (Å²) in [6, 6.07) is 8.68. The van der Waals surface area contributed by atoms with Crippen molar-refractivity contribution in [2.24, 2.45) is 5.92 Å². The molecule has 0 bridgehead atoms. The van der Waals surface area contributed by atoms with Crippen LogP contribution in [0.25, 0.3) is 0 Å². The van der Waals surface area contributed by atoms with E-state index in [2.05, 4.69) is 53.8 Å². The first-order valence-electron chi connectivity index (χ1n) is 6.03. The van der Waals surface area contributed by atoms with Gasteiger partial charge in [-0.1, -0.05) is 58.8 Å². The molecule has 1 aromatic carbocycles. The molecule has 0 aliphatic heterocycles. The van der Waals surface area contributed by atoms with Crippen LogP contribution in [0.1, 0.15) is 36.5 Å². The quantitative estimate of drug-likeness (QED) is 0.578. The van der Waals surface area contributed by atoms with Crippen LogP contribution in [0.5, 0.6) is 0 Å². The predicted octanol–water partition coefficient (Wildman–Crippen LogP) is 4.29. The van der Waals surface area contributed by atoms with Gasteiger partial charge in [0.05, 0.1) is 12.7 Å². The van der Waals surface area contributed by atoms with Gasteiger partial charge in [-0.25, -0.2) is 0 Å². The summed E-state index contributed by atoms with van der Waals surface area (Å²) < 4.78 is 7.06. The van der Waals surface area contributed by atoms with Crippen molar-refractivity contribution in [3.05, 3.63) is 35.4 Å². The third-order valence-corrected chi connectivity index (χ3v) is 4.11. The van der Waals surface area contributed by atoms with Gasteiger partial charge < -0.3 is 4.74 Å². The lowest BCUT2D eigenvalue weighted by molar-refractivity contribution is 0.0232. The molecule has 2 rings (SSSR count). The number of ether oxygens (including phenoxy) is 1. The zero-order valence-electron chi connectivity index (χ0n) is 9.79. The molecular formula is C14H19IO. The van der Waals surface area contributed by atoms with Crippen molar-refractivity contribution in [3.63, 3.8) is 0 Å². The number of aryl methyl sites for hydroxylation is 1. The standard InChI is InChI=1S/C14H19IO/c1-11-4-2-7-13(8-11)14(9-15)16-10-12-5-3-6-12/h2,4,7-8,12,14H,3,5-6,9-10H2,1H3. The smallest absolute Gasteiger partial charge is 0.0914 e.